The van der Waals surface area contributed by atoms with Crippen molar-refractivity contribution in [3.05, 3.63) is 53.1 Å². The zero-order valence-electron chi connectivity index (χ0n) is 14.0. The number of nitrogens with one attached hydrogen (secondary N) is 2. The number of carbonyl (C=O) groups excluding carboxylic acids is 1. The number of anilines is 1. The van der Waals surface area contributed by atoms with Crippen LogP contribution in [0.4, 0.5) is 5.69 Å². The molecule has 0 bridgehead atoms. The Kier molecular flexibility index (Phi) is 5.78. The molecule has 126 valence electrons. The van der Waals surface area contributed by atoms with Gasteiger partial charge < -0.3 is 15.2 Å². The van der Waals surface area contributed by atoms with Crippen molar-refractivity contribution in [3.63, 3.8) is 0 Å². The first-order valence-electron chi connectivity index (χ1n) is 7.49. The maximum absolute atomic E-state index is 11.8. The number of aryl methyl sites for hydroxylation is 2. The molecule has 0 aliphatic carbocycles. The van der Waals surface area contributed by atoms with Crippen LogP contribution in [0.1, 0.15) is 16.7 Å². The maximum Gasteiger partial charge on any atom is 0.259 e. The molecule has 0 heterocycles. The highest BCUT2D eigenvalue weighted by Crippen LogP contribution is 2.22. The molecule has 0 saturated heterocycles. The standard InChI is InChI=1S/C18H21N3O3/c1-12-7-14(8-13(2)18(12)23)10-20-21-17(22)11-19-15-5-4-6-16(9-15)24-3/h4-10,19,23H,11H2,1-3H3,(H,21,22)/b20-10+. The Hall–Kier alpha value is -3.02. The topological polar surface area (TPSA) is 83.0 Å². The molecule has 2 rings (SSSR count). The van der Waals surface area contributed by atoms with Crippen molar-refractivity contribution in [3.8, 4) is 11.5 Å². The molecule has 0 radical (unpaired) electrons. The highest BCUT2D eigenvalue weighted by atomic mass is 16.5. The van der Waals surface area contributed by atoms with E-state index < -0.39 is 0 Å². The quantitative estimate of drug-likeness (QED) is 0.562. The van der Waals surface area contributed by atoms with Crippen LogP contribution in [0.25, 0.3) is 0 Å². The van der Waals surface area contributed by atoms with Gasteiger partial charge in [0, 0.05) is 11.8 Å². The fourth-order valence-electron chi connectivity index (χ4n) is 2.20. The number of ether oxygens (including phenoxy) is 1. The molecule has 3 N–H and O–H groups in total. The molecule has 24 heavy (non-hydrogen) atoms. The van der Waals surface area contributed by atoms with Crippen LogP contribution in [-0.4, -0.2) is 30.9 Å². The largest absolute Gasteiger partial charge is 0.507 e. The Morgan fingerprint density at radius 2 is 1.96 bits per heavy atom. The number of benzene rings is 2. The number of rotatable bonds is 6. The number of amides is 1. The van der Waals surface area contributed by atoms with Crippen molar-refractivity contribution < 1.29 is 14.6 Å². The molecule has 6 nitrogen and oxygen atoms in total. The van der Waals surface area contributed by atoms with E-state index in [1.165, 1.54) is 0 Å². The first kappa shape index (κ1) is 17.3. The van der Waals surface area contributed by atoms with Crippen molar-refractivity contribution in [1.29, 1.82) is 0 Å². The van der Waals surface area contributed by atoms with Gasteiger partial charge in [0.15, 0.2) is 0 Å². The normalized spacial score (nSPS) is 10.6. The number of carbonyl (C=O) groups is 1. The van der Waals surface area contributed by atoms with Gasteiger partial charge in [-0.25, -0.2) is 5.43 Å². The summed E-state index contributed by atoms with van der Waals surface area (Å²) in [5, 5.41) is 16.7. The Morgan fingerprint density at radius 3 is 2.62 bits per heavy atom. The number of nitrogens with zero attached hydrogens (tertiary/aromatic N) is 1. The number of aromatic hydroxyl groups is 1. The molecule has 6 heteroatoms. The van der Waals surface area contributed by atoms with Crippen LogP contribution in [0.5, 0.6) is 11.5 Å². The predicted octanol–water partition coefficient (Wildman–Crippen LogP) is 2.58. The summed E-state index contributed by atoms with van der Waals surface area (Å²) in [6.07, 6.45) is 1.54. The van der Waals surface area contributed by atoms with Gasteiger partial charge >= 0.3 is 0 Å². The van der Waals surface area contributed by atoms with E-state index in [9.17, 15) is 9.90 Å². The van der Waals surface area contributed by atoms with Crippen molar-refractivity contribution in [2.75, 3.05) is 19.0 Å². The van der Waals surface area contributed by atoms with E-state index in [0.29, 0.717) is 0 Å². The average Bonchev–Trinajstić information content (AvgIpc) is 2.58. The lowest BCUT2D eigenvalue weighted by atomic mass is 10.1. The molecule has 0 unspecified atom stereocenters. The molecule has 1 amide bonds. The summed E-state index contributed by atoms with van der Waals surface area (Å²) < 4.78 is 5.12. The second-order valence-corrected chi connectivity index (χ2v) is 5.38. The Morgan fingerprint density at radius 1 is 1.25 bits per heavy atom. The van der Waals surface area contributed by atoms with Crippen molar-refractivity contribution in [2.24, 2.45) is 5.10 Å². The van der Waals surface area contributed by atoms with Gasteiger partial charge in [-0.2, -0.15) is 5.10 Å². The molecule has 2 aromatic rings. The third kappa shape index (κ3) is 4.74. The Balaban J connectivity index is 1.86. The number of phenols is 1. The monoisotopic (exact) mass is 327 g/mol. The maximum atomic E-state index is 11.8. The van der Waals surface area contributed by atoms with Crippen LogP contribution in [0, 0.1) is 13.8 Å². The number of hydrogen-bond acceptors (Lipinski definition) is 5. The number of methoxy groups -OCH3 is 1. The second-order valence-electron chi connectivity index (χ2n) is 5.38. The van der Waals surface area contributed by atoms with E-state index in [2.05, 4.69) is 15.8 Å². The molecule has 0 fully saturated rings. The zero-order valence-corrected chi connectivity index (χ0v) is 14.0. The van der Waals surface area contributed by atoms with Crippen LogP contribution in [0.2, 0.25) is 0 Å². The Bertz CT molecular complexity index is 734. The van der Waals surface area contributed by atoms with Crippen molar-refractivity contribution >= 4 is 17.8 Å². The van der Waals surface area contributed by atoms with E-state index in [1.807, 2.05) is 32.0 Å². The van der Waals surface area contributed by atoms with Gasteiger partial charge in [-0.1, -0.05) is 6.07 Å². The van der Waals surface area contributed by atoms with Crippen LogP contribution >= 0.6 is 0 Å². The molecule has 0 aliphatic heterocycles. The van der Waals surface area contributed by atoms with Gasteiger partial charge in [-0.05, 0) is 54.8 Å². The van der Waals surface area contributed by atoms with Crippen LogP contribution in [0.15, 0.2) is 41.5 Å². The SMILES string of the molecule is COc1cccc(NCC(=O)N/N=C/c2cc(C)c(O)c(C)c2)c1. The molecular formula is C18H21N3O3. The van der Waals surface area contributed by atoms with E-state index in [1.54, 1.807) is 31.5 Å². The van der Waals surface area contributed by atoms with E-state index in [-0.39, 0.29) is 18.2 Å². The number of phenolic OH excluding ortho intramolecular Hbond substituents is 1. The van der Waals surface area contributed by atoms with E-state index >= 15 is 0 Å². The van der Waals surface area contributed by atoms with E-state index in [4.69, 9.17) is 4.74 Å². The fourth-order valence-corrected chi connectivity index (χ4v) is 2.20. The smallest absolute Gasteiger partial charge is 0.259 e. The van der Waals surface area contributed by atoms with Gasteiger partial charge in [0.05, 0.1) is 19.9 Å². The molecular weight excluding hydrogens is 306 g/mol. The number of hydrogen-bond donors (Lipinski definition) is 3. The third-order valence-electron chi connectivity index (χ3n) is 3.44. The summed E-state index contributed by atoms with van der Waals surface area (Å²) in [5.74, 6) is 0.733. The van der Waals surface area contributed by atoms with Gasteiger partial charge in [-0.15, -0.1) is 0 Å². The Labute approximate surface area is 141 Å². The summed E-state index contributed by atoms with van der Waals surface area (Å²) in [6, 6.07) is 10.9. The van der Waals surface area contributed by atoms with Gasteiger partial charge in [0.25, 0.3) is 5.91 Å². The van der Waals surface area contributed by atoms with Crippen LogP contribution in [0.3, 0.4) is 0 Å². The predicted molar refractivity (Wildman–Crippen MR) is 94.8 cm³/mol. The van der Waals surface area contributed by atoms with E-state index in [0.717, 1.165) is 28.1 Å². The first-order valence-corrected chi connectivity index (χ1v) is 7.49. The first-order chi connectivity index (χ1) is 11.5. The summed E-state index contributed by atoms with van der Waals surface area (Å²) in [4.78, 5) is 11.8. The molecule has 2 aromatic carbocycles. The lowest BCUT2D eigenvalue weighted by Crippen LogP contribution is -2.25. The molecule has 0 aromatic heterocycles. The summed E-state index contributed by atoms with van der Waals surface area (Å²) in [7, 11) is 1.59. The molecule has 0 atom stereocenters. The highest BCUT2D eigenvalue weighted by Gasteiger charge is 2.03. The minimum atomic E-state index is -0.263. The third-order valence-corrected chi connectivity index (χ3v) is 3.44. The van der Waals surface area contributed by atoms with Crippen molar-refractivity contribution in [1.82, 2.24) is 5.43 Å². The van der Waals surface area contributed by atoms with Gasteiger partial charge in [0.2, 0.25) is 0 Å². The zero-order chi connectivity index (χ0) is 17.5. The van der Waals surface area contributed by atoms with Gasteiger partial charge in [0.1, 0.15) is 11.5 Å². The number of hydrazone groups is 1. The highest BCUT2D eigenvalue weighted by molar-refractivity contribution is 5.84. The molecule has 0 aliphatic rings. The lowest BCUT2D eigenvalue weighted by Gasteiger charge is -2.07. The summed E-state index contributed by atoms with van der Waals surface area (Å²) in [5.41, 5.74) is 5.59. The average molecular weight is 327 g/mol. The summed E-state index contributed by atoms with van der Waals surface area (Å²) >= 11 is 0. The summed E-state index contributed by atoms with van der Waals surface area (Å²) in [6.45, 7) is 3.73. The van der Waals surface area contributed by atoms with Gasteiger partial charge in [-0.3, -0.25) is 4.79 Å². The molecule has 0 spiro atoms. The molecule has 0 saturated carbocycles. The second kappa shape index (κ2) is 8.01. The minimum Gasteiger partial charge on any atom is -0.507 e. The van der Waals surface area contributed by atoms with Crippen LogP contribution in [-0.2, 0) is 4.79 Å². The van der Waals surface area contributed by atoms with Crippen LogP contribution < -0.4 is 15.5 Å². The lowest BCUT2D eigenvalue weighted by molar-refractivity contribution is -0.119. The fraction of sp³-hybridized carbons (Fsp3) is 0.222. The minimum absolute atomic E-state index is 0.0954. The van der Waals surface area contributed by atoms with Crippen molar-refractivity contribution in [2.45, 2.75) is 13.8 Å².